The van der Waals surface area contributed by atoms with Gasteiger partial charge in [0.15, 0.2) is 0 Å². The Hall–Kier alpha value is -0.490. The second-order valence-electron chi connectivity index (χ2n) is 4.54. The monoisotopic (exact) mass is 210 g/mol. The molecule has 0 atom stereocenters. The van der Waals surface area contributed by atoms with Gasteiger partial charge in [-0.2, -0.15) is 0 Å². The molecule has 1 rings (SSSR count). The molecule has 0 aromatic heterocycles. The molecule has 0 N–H and O–H groups in total. The highest BCUT2D eigenvalue weighted by atomic mass is 35.5. The Morgan fingerprint density at radius 2 is 1.43 bits per heavy atom. The quantitative estimate of drug-likeness (QED) is 0.652. The van der Waals surface area contributed by atoms with Crippen LogP contribution in [0.25, 0.3) is 0 Å². The van der Waals surface area contributed by atoms with Crippen molar-refractivity contribution < 1.29 is 0 Å². The standard InChI is InChI=1S/C13H19Cl/c1-8(2)11-7-13(14)12(9(3)4)6-10(11)5/h6-9H,1-5H3. The maximum absolute atomic E-state index is 6.24. The molecule has 0 aliphatic carbocycles. The lowest BCUT2D eigenvalue weighted by atomic mass is 9.93. The second-order valence-corrected chi connectivity index (χ2v) is 4.95. The lowest BCUT2D eigenvalue weighted by Crippen LogP contribution is -1.97. The Kier molecular flexibility index (Phi) is 3.60. The summed E-state index contributed by atoms with van der Waals surface area (Å²) in [4.78, 5) is 0. The molecule has 14 heavy (non-hydrogen) atoms. The van der Waals surface area contributed by atoms with Gasteiger partial charge in [0.25, 0.3) is 0 Å². The molecule has 0 unspecified atom stereocenters. The normalized spacial score (nSPS) is 11.4. The molecular formula is C13H19Cl. The maximum Gasteiger partial charge on any atom is 0.0443 e. The first-order chi connectivity index (χ1) is 6.43. The fourth-order valence-corrected chi connectivity index (χ4v) is 2.17. The van der Waals surface area contributed by atoms with Gasteiger partial charge in [-0.1, -0.05) is 45.4 Å². The van der Waals surface area contributed by atoms with E-state index in [-0.39, 0.29) is 0 Å². The zero-order valence-corrected chi connectivity index (χ0v) is 10.4. The van der Waals surface area contributed by atoms with Gasteiger partial charge < -0.3 is 0 Å². The van der Waals surface area contributed by atoms with Crippen LogP contribution in [0.15, 0.2) is 12.1 Å². The van der Waals surface area contributed by atoms with E-state index < -0.39 is 0 Å². The molecule has 1 heteroatoms. The van der Waals surface area contributed by atoms with Gasteiger partial charge in [-0.3, -0.25) is 0 Å². The highest BCUT2D eigenvalue weighted by molar-refractivity contribution is 6.31. The Morgan fingerprint density at radius 3 is 1.86 bits per heavy atom. The summed E-state index contributed by atoms with van der Waals surface area (Å²) < 4.78 is 0. The van der Waals surface area contributed by atoms with Crippen molar-refractivity contribution in [1.29, 1.82) is 0 Å². The highest BCUT2D eigenvalue weighted by Crippen LogP contribution is 2.30. The molecule has 0 aliphatic heterocycles. The molecule has 0 radical (unpaired) electrons. The van der Waals surface area contributed by atoms with Crippen molar-refractivity contribution in [2.45, 2.75) is 46.5 Å². The zero-order chi connectivity index (χ0) is 10.9. The van der Waals surface area contributed by atoms with Crippen molar-refractivity contribution in [3.05, 3.63) is 33.8 Å². The predicted molar refractivity (Wildman–Crippen MR) is 64.4 cm³/mol. The second kappa shape index (κ2) is 4.35. The summed E-state index contributed by atoms with van der Waals surface area (Å²) in [5, 5.41) is 0.911. The average molecular weight is 211 g/mol. The fourth-order valence-electron chi connectivity index (χ4n) is 1.78. The third-order valence-corrected chi connectivity index (χ3v) is 2.96. The molecule has 0 nitrogen and oxygen atoms in total. The Labute approximate surface area is 92.3 Å². The summed E-state index contributed by atoms with van der Waals surface area (Å²) in [6.07, 6.45) is 0. The van der Waals surface area contributed by atoms with E-state index in [4.69, 9.17) is 11.6 Å². The van der Waals surface area contributed by atoms with Gasteiger partial charge in [-0.15, -0.1) is 0 Å². The lowest BCUT2D eigenvalue weighted by Gasteiger charge is -2.15. The van der Waals surface area contributed by atoms with E-state index in [1.54, 1.807) is 0 Å². The predicted octanol–water partition coefficient (Wildman–Crippen LogP) is 4.90. The van der Waals surface area contributed by atoms with E-state index in [0.29, 0.717) is 11.8 Å². The number of aryl methyl sites for hydroxylation is 1. The molecule has 0 saturated heterocycles. The van der Waals surface area contributed by atoms with E-state index in [2.05, 4.69) is 46.8 Å². The largest absolute Gasteiger partial charge is 0.0840 e. The molecule has 1 aromatic rings. The van der Waals surface area contributed by atoms with Crippen molar-refractivity contribution in [2.75, 3.05) is 0 Å². The first-order valence-corrected chi connectivity index (χ1v) is 5.61. The number of rotatable bonds is 2. The zero-order valence-electron chi connectivity index (χ0n) is 9.69. The SMILES string of the molecule is Cc1cc(C(C)C)c(Cl)cc1C(C)C. The average Bonchev–Trinajstić information content (AvgIpc) is 2.07. The molecule has 0 spiro atoms. The summed E-state index contributed by atoms with van der Waals surface area (Å²) >= 11 is 6.24. The molecule has 0 amide bonds. The first kappa shape index (κ1) is 11.6. The van der Waals surface area contributed by atoms with Crippen LogP contribution in [0.1, 0.15) is 56.2 Å². The Morgan fingerprint density at radius 1 is 0.929 bits per heavy atom. The van der Waals surface area contributed by atoms with E-state index >= 15 is 0 Å². The third kappa shape index (κ3) is 2.30. The van der Waals surface area contributed by atoms with Crippen LogP contribution in [0.3, 0.4) is 0 Å². The smallest absolute Gasteiger partial charge is 0.0443 e. The molecule has 0 bridgehead atoms. The Balaban J connectivity index is 3.24. The van der Waals surface area contributed by atoms with E-state index in [9.17, 15) is 0 Å². The van der Waals surface area contributed by atoms with Crippen molar-refractivity contribution in [3.8, 4) is 0 Å². The fraction of sp³-hybridized carbons (Fsp3) is 0.538. The minimum atomic E-state index is 0.502. The molecule has 78 valence electrons. The maximum atomic E-state index is 6.24. The van der Waals surface area contributed by atoms with Crippen LogP contribution in [0.2, 0.25) is 5.02 Å². The highest BCUT2D eigenvalue weighted by Gasteiger charge is 2.10. The summed E-state index contributed by atoms with van der Waals surface area (Å²) in [6, 6.07) is 4.35. The van der Waals surface area contributed by atoms with Crippen molar-refractivity contribution in [2.24, 2.45) is 0 Å². The topological polar surface area (TPSA) is 0 Å². The van der Waals surface area contributed by atoms with Crippen LogP contribution >= 0.6 is 11.6 Å². The minimum Gasteiger partial charge on any atom is -0.0840 e. The van der Waals surface area contributed by atoms with Crippen LogP contribution < -0.4 is 0 Å². The van der Waals surface area contributed by atoms with E-state index in [1.165, 1.54) is 16.7 Å². The molecule has 0 aliphatic rings. The minimum absolute atomic E-state index is 0.502. The van der Waals surface area contributed by atoms with Crippen molar-refractivity contribution >= 4 is 11.6 Å². The number of benzene rings is 1. The molecule has 0 saturated carbocycles. The van der Waals surface area contributed by atoms with E-state index in [0.717, 1.165) is 5.02 Å². The third-order valence-electron chi connectivity index (χ3n) is 2.63. The van der Waals surface area contributed by atoms with Gasteiger partial charge in [0, 0.05) is 5.02 Å². The number of halogens is 1. The number of hydrogen-bond acceptors (Lipinski definition) is 0. The van der Waals surface area contributed by atoms with Gasteiger partial charge in [0.1, 0.15) is 0 Å². The van der Waals surface area contributed by atoms with Crippen LogP contribution in [-0.2, 0) is 0 Å². The summed E-state index contributed by atoms with van der Waals surface area (Å²) in [6.45, 7) is 10.9. The van der Waals surface area contributed by atoms with Gasteiger partial charge in [-0.05, 0) is 41.5 Å². The van der Waals surface area contributed by atoms with Gasteiger partial charge >= 0.3 is 0 Å². The van der Waals surface area contributed by atoms with Gasteiger partial charge in [0.2, 0.25) is 0 Å². The van der Waals surface area contributed by atoms with Gasteiger partial charge in [0.05, 0.1) is 0 Å². The summed E-state index contributed by atoms with van der Waals surface area (Å²) in [5.41, 5.74) is 3.97. The number of hydrogen-bond donors (Lipinski definition) is 0. The van der Waals surface area contributed by atoms with Gasteiger partial charge in [-0.25, -0.2) is 0 Å². The van der Waals surface area contributed by atoms with Crippen LogP contribution in [0.5, 0.6) is 0 Å². The molecule has 0 fully saturated rings. The lowest BCUT2D eigenvalue weighted by molar-refractivity contribution is 0.836. The molecule has 1 aromatic carbocycles. The van der Waals surface area contributed by atoms with Crippen LogP contribution in [0, 0.1) is 6.92 Å². The molecule has 0 heterocycles. The van der Waals surface area contributed by atoms with Crippen molar-refractivity contribution in [3.63, 3.8) is 0 Å². The summed E-state index contributed by atoms with van der Waals surface area (Å²) in [5.74, 6) is 1.05. The van der Waals surface area contributed by atoms with E-state index in [1.807, 2.05) is 0 Å². The molecular weight excluding hydrogens is 192 g/mol. The van der Waals surface area contributed by atoms with Crippen molar-refractivity contribution in [1.82, 2.24) is 0 Å². The first-order valence-electron chi connectivity index (χ1n) is 5.23. The van der Waals surface area contributed by atoms with Crippen LogP contribution in [-0.4, -0.2) is 0 Å². The van der Waals surface area contributed by atoms with Crippen LogP contribution in [0.4, 0.5) is 0 Å². The summed E-state index contributed by atoms with van der Waals surface area (Å²) in [7, 11) is 0. The Bertz CT molecular complexity index is 291.